The van der Waals surface area contributed by atoms with E-state index in [1.54, 1.807) is 41.5 Å². The summed E-state index contributed by atoms with van der Waals surface area (Å²) in [6, 6.07) is 6.67. The second-order valence-electron chi connectivity index (χ2n) is 7.28. The van der Waals surface area contributed by atoms with E-state index in [0.29, 0.717) is 55.2 Å². The van der Waals surface area contributed by atoms with E-state index in [9.17, 15) is 14.0 Å². The number of carbonyl (C=O) groups is 2. The lowest BCUT2D eigenvalue weighted by Gasteiger charge is -2.36. The molecule has 1 aliphatic rings. The number of nitrogens with zero attached hydrogens (tertiary/aromatic N) is 3. The second-order valence-corrected chi connectivity index (χ2v) is 7.28. The molecule has 1 aromatic heterocycles. The molecule has 7 heteroatoms. The predicted octanol–water partition coefficient (Wildman–Crippen LogP) is 3.57. The summed E-state index contributed by atoms with van der Waals surface area (Å²) in [6.07, 6.45) is 1.69. The highest BCUT2D eigenvalue weighted by atomic mass is 19.1. The number of rotatable bonds is 6. The van der Waals surface area contributed by atoms with E-state index in [1.165, 1.54) is 6.07 Å². The van der Waals surface area contributed by atoms with E-state index < -0.39 is 5.97 Å². The Kier molecular flexibility index (Phi) is 6.59. The van der Waals surface area contributed by atoms with Gasteiger partial charge in [0.1, 0.15) is 11.5 Å². The number of benzene rings is 1. The minimum atomic E-state index is -0.441. The van der Waals surface area contributed by atoms with Gasteiger partial charge in [-0.3, -0.25) is 4.79 Å². The van der Waals surface area contributed by atoms with Crippen LogP contribution in [-0.4, -0.2) is 54.1 Å². The summed E-state index contributed by atoms with van der Waals surface area (Å²) < 4.78 is 21.1. The fourth-order valence-corrected chi connectivity index (χ4v) is 4.05. The Morgan fingerprint density at radius 3 is 2.43 bits per heavy atom. The van der Waals surface area contributed by atoms with Crippen molar-refractivity contribution in [1.82, 2.24) is 9.47 Å². The van der Waals surface area contributed by atoms with Crippen LogP contribution in [-0.2, 0) is 11.3 Å². The first-order valence-corrected chi connectivity index (χ1v) is 10.2. The number of hydrogen-bond acceptors (Lipinski definition) is 4. The molecule has 3 rings (SSSR count). The van der Waals surface area contributed by atoms with Gasteiger partial charge in [-0.25, -0.2) is 9.18 Å². The third-order valence-corrected chi connectivity index (χ3v) is 5.52. The number of halogens is 1. The van der Waals surface area contributed by atoms with Gasteiger partial charge in [0.15, 0.2) is 0 Å². The zero-order valence-corrected chi connectivity index (χ0v) is 17.8. The van der Waals surface area contributed by atoms with Crippen LogP contribution in [0.2, 0.25) is 0 Å². The van der Waals surface area contributed by atoms with Gasteiger partial charge in [0.2, 0.25) is 0 Å². The third kappa shape index (κ3) is 3.97. The van der Waals surface area contributed by atoms with E-state index in [-0.39, 0.29) is 18.3 Å². The molecular formula is C23H28FN3O3. The maximum atomic E-state index is 14.1. The van der Waals surface area contributed by atoms with Gasteiger partial charge in [-0.1, -0.05) is 18.2 Å². The van der Waals surface area contributed by atoms with Gasteiger partial charge < -0.3 is 19.1 Å². The van der Waals surface area contributed by atoms with E-state index in [4.69, 9.17) is 4.74 Å². The van der Waals surface area contributed by atoms with Crippen molar-refractivity contribution in [1.29, 1.82) is 0 Å². The zero-order chi connectivity index (χ0) is 21.8. The Labute approximate surface area is 176 Å². The van der Waals surface area contributed by atoms with Gasteiger partial charge in [-0.05, 0) is 38.5 Å². The standard InChI is InChI=1S/C23H28FN3O3/c1-5-11-27-17(4)20(16(3)21(27)23(29)30-6-2)22(28)26-14-12-25(13-15-26)19-10-8-7-9-18(19)24/h5,7-10H,1,6,11-15H2,2-4H3. The smallest absolute Gasteiger partial charge is 0.355 e. The van der Waals surface area contributed by atoms with Gasteiger partial charge >= 0.3 is 5.97 Å². The highest BCUT2D eigenvalue weighted by Crippen LogP contribution is 2.26. The number of aromatic nitrogens is 1. The summed E-state index contributed by atoms with van der Waals surface area (Å²) in [5.41, 5.74) is 2.81. The van der Waals surface area contributed by atoms with Gasteiger partial charge in [-0.15, -0.1) is 6.58 Å². The fraction of sp³-hybridized carbons (Fsp3) is 0.391. The minimum absolute atomic E-state index is 0.119. The van der Waals surface area contributed by atoms with E-state index >= 15 is 0 Å². The highest BCUT2D eigenvalue weighted by molar-refractivity contribution is 6.01. The number of anilines is 1. The average molecular weight is 413 g/mol. The molecule has 30 heavy (non-hydrogen) atoms. The lowest BCUT2D eigenvalue weighted by molar-refractivity contribution is 0.0513. The number of piperazine rings is 1. The van der Waals surface area contributed by atoms with Gasteiger partial charge in [0.05, 0.1) is 17.9 Å². The summed E-state index contributed by atoms with van der Waals surface area (Å²) in [4.78, 5) is 29.6. The SMILES string of the molecule is C=CCn1c(C)c(C(=O)N2CCN(c3ccccc3F)CC2)c(C)c1C(=O)OCC. The summed E-state index contributed by atoms with van der Waals surface area (Å²) in [7, 11) is 0. The van der Waals surface area contributed by atoms with E-state index in [0.717, 1.165) is 5.69 Å². The molecule has 0 bridgehead atoms. The van der Waals surface area contributed by atoms with Crippen molar-refractivity contribution >= 4 is 17.6 Å². The van der Waals surface area contributed by atoms with Crippen molar-refractivity contribution in [3.05, 3.63) is 65.3 Å². The Morgan fingerprint density at radius 1 is 1.17 bits per heavy atom. The maximum absolute atomic E-state index is 14.1. The molecule has 0 radical (unpaired) electrons. The Morgan fingerprint density at radius 2 is 1.83 bits per heavy atom. The molecule has 2 heterocycles. The minimum Gasteiger partial charge on any atom is -0.461 e. The van der Waals surface area contributed by atoms with Crippen LogP contribution < -0.4 is 4.90 Å². The summed E-state index contributed by atoms with van der Waals surface area (Å²) in [5, 5.41) is 0. The molecule has 1 amide bonds. The second kappa shape index (κ2) is 9.15. The van der Waals surface area contributed by atoms with Crippen molar-refractivity contribution in [3.63, 3.8) is 0 Å². The zero-order valence-electron chi connectivity index (χ0n) is 17.8. The Bertz CT molecular complexity index is 959. The Balaban J connectivity index is 1.84. The summed E-state index contributed by atoms with van der Waals surface area (Å²) >= 11 is 0. The van der Waals surface area contributed by atoms with Crippen LogP contribution >= 0.6 is 0 Å². The normalized spacial score (nSPS) is 14.0. The van der Waals surface area contributed by atoms with Crippen LogP contribution in [0, 0.1) is 19.7 Å². The quantitative estimate of drug-likeness (QED) is 0.537. The Hall–Kier alpha value is -3.09. The highest BCUT2D eigenvalue weighted by Gasteiger charge is 2.31. The van der Waals surface area contributed by atoms with Crippen molar-refractivity contribution < 1.29 is 18.7 Å². The van der Waals surface area contributed by atoms with E-state index in [1.807, 2.05) is 17.9 Å². The van der Waals surface area contributed by atoms with Crippen LogP contribution in [0.3, 0.4) is 0 Å². The van der Waals surface area contributed by atoms with Gasteiger partial charge in [0.25, 0.3) is 5.91 Å². The molecule has 6 nitrogen and oxygen atoms in total. The van der Waals surface area contributed by atoms with Crippen LogP contribution in [0.4, 0.5) is 10.1 Å². The maximum Gasteiger partial charge on any atom is 0.355 e. The summed E-state index contributed by atoms with van der Waals surface area (Å²) in [5.74, 6) is -0.820. The number of para-hydroxylation sites is 1. The van der Waals surface area contributed by atoms with Crippen LogP contribution in [0.5, 0.6) is 0 Å². The molecular weight excluding hydrogens is 385 g/mol. The largest absolute Gasteiger partial charge is 0.461 e. The number of ether oxygens (including phenoxy) is 1. The number of esters is 1. The molecule has 0 unspecified atom stereocenters. The van der Waals surface area contributed by atoms with Crippen molar-refractivity contribution in [2.75, 3.05) is 37.7 Å². The van der Waals surface area contributed by atoms with Crippen LogP contribution in [0.1, 0.15) is 39.0 Å². The van der Waals surface area contributed by atoms with Crippen molar-refractivity contribution in [2.45, 2.75) is 27.3 Å². The molecule has 0 aliphatic carbocycles. The lowest BCUT2D eigenvalue weighted by atomic mass is 10.1. The number of allylic oxidation sites excluding steroid dienone is 1. The molecule has 0 N–H and O–H groups in total. The molecule has 1 aromatic carbocycles. The molecule has 2 aromatic rings. The third-order valence-electron chi connectivity index (χ3n) is 5.52. The fourth-order valence-electron chi connectivity index (χ4n) is 4.05. The molecule has 0 saturated carbocycles. The topological polar surface area (TPSA) is 54.8 Å². The lowest BCUT2D eigenvalue weighted by Crippen LogP contribution is -2.49. The monoisotopic (exact) mass is 413 g/mol. The number of hydrogen-bond donors (Lipinski definition) is 0. The van der Waals surface area contributed by atoms with Crippen LogP contribution in [0.25, 0.3) is 0 Å². The van der Waals surface area contributed by atoms with Crippen LogP contribution in [0.15, 0.2) is 36.9 Å². The number of carbonyl (C=O) groups excluding carboxylic acids is 2. The first-order chi connectivity index (χ1) is 14.4. The van der Waals surface area contributed by atoms with E-state index in [2.05, 4.69) is 6.58 Å². The first kappa shape index (κ1) is 21.6. The summed E-state index contributed by atoms with van der Waals surface area (Å²) in [6.45, 7) is 11.8. The molecule has 0 spiro atoms. The molecule has 1 aliphatic heterocycles. The van der Waals surface area contributed by atoms with Crippen molar-refractivity contribution in [3.8, 4) is 0 Å². The van der Waals surface area contributed by atoms with Gasteiger partial charge in [-0.2, -0.15) is 0 Å². The van der Waals surface area contributed by atoms with Crippen molar-refractivity contribution in [2.24, 2.45) is 0 Å². The predicted molar refractivity (Wildman–Crippen MR) is 115 cm³/mol. The average Bonchev–Trinajstić information content (AvgIpc) is 2.98. The van der Waals surface area contributed by atoms with Gasteiger partial charge in [0, 0.05) is 38.4 Å². The molecule has 0 atom stereocenters. The molecule has 1 fully saturated rings. The first-order valence-electron chi connectivity index (χ1n) is 10.2. The molecule has 160 valence electrons. The number of amides is 1. The molecule has 1 saturated heterocycles.